The first-order valence-electron chi connectivity index (χ1n) is 6.03. The van der Waals surface area contributed by atoms with Crippen molar-refractivity contribution in [3.05, 3.63) is 58.9 Å². The molecule has 0 spiro atoms. The summed E-state index contributed by atoms with van der Waals surface area (Å²) >= 11 is 1.44. The van der Waals surface area contributed by atoms with Crippen LogP contribution in [0, 0.1) is 0 Å². The van der Waals surface area contributed by atoms with Gasteiger partial charge in [0.1, 0.15) is 5.75 Å². The molecule has 0 aliphatic heterocycles. The lowest BCUT2D eigenvalue weighted by atomic mass is 10.3. The van der Waals surface area contributed by atoms with Gasteiger partial charge in [0.2, 0.25) is 0 Å². The van der Waals surface area contributed by atoms with Crippen LogP contribution in [0.4, 0.5) is 5.69 Å². The Hall–Kier alpha value is -2.07. The summed E-state index contributed by atoms with van der Waals surface area (Å²) in [5, 5.41) is 4.94. The average molecular weight is 273 g/mol. The molecule has 19 heavy (non-hydrogen) atoms. The van der Waals surface area contributed by atoms with Gasteiger partial charge in [0.25, 0.3) is 0 Å². The SMILES string of the molecule is CCOc1ccc(NC=CC(=O)c2cccs2)cc1. The van der Waals surface area contributed by atoms with E-state index in [1.165, 1.54) is 17.4 Å². The van der Waals surface area contributed by atoms with E-state index < -0.39 is 0 Å². The number of carbonyl (C=O) groups excluding carboxylic acids is 1. The Bertz CT molecular complexity index is 544. The van der Waals surface area contributed by atoms with E-state index in [2.05, 4.69) is 5.32 Å². The first-order chi connectivity index (χ1) is 9.29. The van der Waals surface area contributed by atoms with Crippen molar-refractivity contribution < 1.29 is 9.53 Å². The fraction of sp³-hybridized carbons (Fsp3) is 0.133. The van der Waals surface area contributed by atoms with E-state index in [-0.39, 0.29) is 5.78 Å². The molecule has 0 fully saturated rings. The van der Waals surface area contributed by atoms with E-state index in [4.69, 9.17) is 4.74 Å². The standard InChI is InChI=1S/C15H15NO2S/c1-2-18-13-7-5-12(6-8-13)16-10-9-14(17)15-4-3-11-19-15/h3-11,16H,2H2,1H3. The Morgan fingerprint density at radius 3 is 2.74 bits per heavy atom. The summed E-state index contributed by atoms with van der Waals surface area (Å²) in [6.07, 6.45) is 3.18. The number of allylic oxidation sites excluding steroid dienone is 1. The second-order valence-corrected chi connectivity index (χ2v) is 4.72. The quantitative estimate of drug-likeness (QED) is 0.639. The topological polar surface area (TPSA) is 38.3 Å². The van der Waals surface area contributed by atoms with Crippen LogP contribution in [-0.4, -0.2) is 12.4 Å². The Balaban J connectivity index is 1.89. The van der Waals surface area contributed by atoms with E-state index >= 15 is 0 Å². The smallest absolute Gasteiger partial charge is 0.197 e. The number of carbonyl (C=O) groups is 1. The van der Waals surface area contributed by atoms with Crippen LogP contribution in [0.3, 0.4) is 0 Å². The highest BCUT2D eigenvalue weighted by molar-refractivity contribution is 7.12. The molecule has 2 aromatic rings. The van der Waals surface area contributed by atoms with Gasteiger partial charge in [0, 0.05) is 18.0 Å². The van der Waals surface area contributed by atoms with E-state index in [0.29, 0.717) is 6.61 Å². The summed E-state index contributed by atoms with van der Waals surface area (Å²) in [5.41, 5.74) is 0.915. The Morgan fingerprint density at radius 1 is 1.32 bits per heavy atom. The molecular formula is C15H15NO2S. The minimum Gasteiger partial charge on any atom is -0.494 e. The number of ketones is 1. The molecule has 1 heterocycles. The number of anilines is 1. The predicted octanol–water partition coefficient (Wildman–Crippen LogP) is 3.96. The summed E-state index contributed by atoms with van der Waals surface area (Å²) < 4.78 is 5.35. The Labute approximate surface area is 116 Å². The van der Waals surface area contributed by atoms with Gasteiger partial charge in [-0.05, 0) is 42.6 Å². The maximum atomic E-state index is 11.7. The van der Waals surface area contributed by atoms with E-state index in [0.717, 1.165) is 16.3 Å². The molecule has 0 amide bonds. The molecule has 1 N–H and O–H groups in total. The summed E-state index contributed by atoms with van der Waals surface area (Å²) in [6, 6.07) is 11.3. The van der Waals surface area contributed by atoms with Crippen LogP contribution in [0.15, 0.2) is 54.1 Å². The van der Waals surface area contributed by atoms with Crippen molar-refractivity contribution in [2.24, 2.45) is 0 Å². The number of rotatable bonds is 6. The van der Waals surface area contributed by atoms with Crippen molar-refractivity contribution in [2.45, 2.75) is 6.92 Å². The van der Waals surface area contributed by atoms with Crippen LogP contribution >= 0.6 is 11.3 Å². The van der Waals surface area contributed by atoms with Crippen LogP contribution in [0.2, 0.25) is 0 Å². The van der Waals surface area contributed by atoms with Gasteiger partial charge in [-0.3, -0.25) is 4.79 Å². The number of benzene rings is 1. The van der Waals surface area contributed by atoms with E-state index in [9.17, 15) is 4.79 Å². The molecule has 0 saturated heterocycles. The fourth-order valence-corrected chi connectivity index (χ4v) is 2.17. The van der Waals surface area contributed by atoms with Crippen LogP contribution in [-0.2, 0) is 0 Å². The lowest BCUT2D eigenvalue weighted by molar-refractivity contribution is 0.105. The van der Waals surface area contributed by atoms with Crippen molar-refractivity contribution in [1.29, 1.82) is 0 Å². The highest BCUT2D eigenvalue weighted by Crippen LogP contribution is 2.15. The molecule has 0 bridgehead atoms. The van der Waals surface area contributed by atoms with Crippen molar-refractivity contribution in [3.63, 3.8) is 0 Å². The molecule has 3 nitrogen and oxygen atoms in total. The van der Waals surface area contributed by atoms with Gasteiger partial charge < -0.3 is 10.1 Å². The molecule has 0 aliphatic rings. The number of thiophene rings is 1. The van der Waals surface area contributed by atoms with Crippen LogP contribution in [0.25, 0.3) is 0 Å². The maximum Gasteiger partial charge on any atom is 0.197 e. The Kier molecular flexibility index (Phi) is 4.75. The monoisotopic (exact) mass is 273 g/mol. The molecule has 98 valence electrons. The fourth-order valence-electron chi connectivity index (χ4n) is 1.53. The third-order valence-corrected chi connectivity index (χ3v) is 3.30. The average Bonchev–Trinajstić information content (AvgIpc) is 2.95. The number of ether oxygens (including phenoxy) is 1. The number of hydrogen-bond acceptors (Lipinski definition) is 4. The second-order valence-electron chi connectivity index (χ2n) is 3.78. The molecule has 0 saturated carbocycles. The second kappa shape index (κ2) is 6.75. The van der Waals surface area contributed by atoms with Gasteiger partial charge in [0.15, 0.2) is 5.78 Å². The van der Waals surface area contributed by atoms with E-state index in [1.54, 1.807) is 6.20 Å². The van der Waals surface area contributed by atoms with Crippen molar-refractivity contribution in [2.75, 3.05) is 11.9 Å². The zero-order valence-corrected chi connectivity index (χ0v) is 11.4. The van der Waals surface area contributed by atoms with Gasteiger partial charge >= 0.3 is 0 Å². The lowest BCUT2D eigenvalue weighted by Gasteiger charge is -2.04. The van der Waals surface area contributed by atoms with Gasteiger partial charge in [-0.1, -0.05) is 6.07 Å². The largest absolute Gasteiger partial charge is 0.494 e. The van der Waals surface area contributed by atoms with Crippen molar-refractivity contribution in [3.8, 4) is 5.75 Å². The normalized spacial score (nSPS) is 10.6. The molecule has 0 aliphatic carbocycles. The zero-order valence-electron chi connectivity index (χ0n) is 10.6. The zero-order chi connectivity index (χ0) is 13.5. The molecule has 0 unspecified atom stereocenters. The van der Waals surface area contributed by atoms with Gasteiger partial charge in [0.05, 0.1) is 11.5 Å². The van der Waals surface area contributed by atoms with Crippen LogP contribution in [0.5, 0.6) is 5.75 Å². The van der Waals surface area contributed by atoms with Gasteiger partial charge in [-0.25, -0.2) is 0 Å². The third-order valence-electron chi connectivity index (χ3n) is 2.41. The highest BCUT2D eigenvalue weighted by atomic mass is 32.1. The highest BCUT2D eigenvalue weighted by Gasteiger charge is 2.00. The molecule has 0 atom stereocenters. The van der Waals surface area contributed by atoms with Gasteiger partial charge in [-0.2, -0.15) is 0 Å². The molecule has 2 rings (SSSR count). The molecule has 1 aromatic carbocycles. The van der Waals surface area contributed by atoms with Crippen molar-refractivity contribution >= 4 is 22.8 Å². The summed E-state index contributed by atoms with van der Waals surface area (Å²) in [5.74, 6) is 0.847. The first kappa shape index (κ1) is 13.4. The predicted molar refractivity (Wildman–Crippen MR) is 79.0 cm³/mol. The molecular weight excluding hydrogens is 258 g/mol. The molecule has 1 aromatic heterocycles. The number of hydrogen-bond donors (Lipinski definition) is 1. The number of nitrogens with one attached hydrogen (secondary N) is 1. The van der Waals surface area contributed by atoms with Crippen molar-refractivity contribution in [1.82, 2.24) is 0 Å². The third kappa shape index (κ3) is 3.96. The first-order valence-corrected chi connectivity index (χ1v) is 6.91. The lowest BCUT2D eigenvalue weighted by Crippen LogP contribution is -1.94. The maximum absolute atomic E-state index is 11.7. The summed E-state index contributed by atoms with van der Waals surface area (Å²) in [6.45, 7) is 2.60. The Morgan fingerprint density at radius 2 is 2.11 bits per heavy atom. The molecule has 4 heteroatoms. The van der Waals surface area contributed by atoms with Crippen LogP contribution < -0.4 is 10.1 Å². The minimum atomic E-state index is 0.00781. The minimum absolute atomic E-state index is 0.00781. The molecule has 0 radical (unpaired) electrons. The van der Waals surface area contributed by atoms with Gasteiger partial charge in [-0.15, -0.1) is 11.3 Å². The van der Waals surface area contributed by atoms with Crippen LogP contribution in [0.1, 0.15) is 16.6 Å². The summed E-state index contributed by atoms with van der Waals surface area (Å²) in [7, 11) is 0. The van der Waals surface area contributed by atoms with E-state index in [1.807, 2.05) is 48.7 Å². The summed E-state index contributed by atoms with van der Waals surface area (Å²) in [4.78, 5) is 12.4.